The smallest absolute Gasteiger partial charge is 0.398 e. The molecule has 8 heteroatoms. The minimum absolute atomic E-state index is 0.0964. The number of alkyl halides is 3. The zero-order valence-corrected chi connectivity index (χ0v) is 12.4. The lowest BCUT2D eigenvalue weighted by atomic mass is 9.88. The van der Waals surface area contributed by atoms with Crippen molar-refractivity contribution in [3.8, 4) is 5.88 Å². The quantitative estimate of drug-likeness (QED) is 0.831. The summed E-state index contributed by atoms with van der Waals surface area (Å²) in [5.74, 6) is -2.38. The molecule has 0 saturated heterocycles. The number of nitrogens with zero attached hydrogens (tertiary/aromatic N) is 1. The van der Waals surface area contributed by atoms with Crippen LogP contribution in [0.1, 0.15) is 36.0 Å². The maximum Gasteiger partial charge on any atom is 0.398 e. The Morgan fingerprint density at radius 3 is 2.42 bits per heavy atom. The van der Waals surface area contributed by atoms with Gasteiger partial charge < -0.3 is 9.84 Å². The fraction of sp³-hybridized carbons (Fsp3) is 0.375. The number of carboxylic acid groups (broad SMARTS) is 1. The van der Waals surface area contributed by atoms with Crippen LogP contribution < -0.4 is 4.74 Å². The van der Waals surface area contributed by atoms with Crippen molar-refractivity contribution in [2.24, 2.45) is 5.41 Å². The number of rotatable bonds is 4. The molecule has 1 N–H and O–H groups in total. The van der Waals surface area contributed by atoms with Crippen molar-refractivity contribution in [2.45, 2.75) is 31.9 Å². The Morgan fingerprint density at radius 1 is 1.25 bits per heavy atom. The lowest BCUT2D eigenvalue weighted by molar-refractivity contribution is -0.175. The summed E-state index contributed by atoms with van der Waals surface area (Å²) in [5, 5.41) is 8.74. The third-order valence-corrected chi connectivity index (χ3v) is 4.30. The van der Waals surface area contributed by atoms with Gasteiger partial charge in [-0.25, -0.2) is 14.2 Å². The Kier molecular flexibility index (Phi) is 3.85. The highest BCUT2D eigenvalue weighted by molar-refractivity contribution is 5.87. The number of hydrogen-bond donors (Lipinski definition) is 1. The molecule has 1 aromatic heterocycles. The van der Waals surface area contributed by atoms with Crippen molar-refractivity contribution in [3.63, 3.8) is 0 Å². The zero-order chi connectivity index (χ0) is 17.5. The second-order valence-electron chi connectivity index (χ2n) is 5.82. The van der Waals surface area contributed by atoms with E-state index in [1.54, 1.807) is 0 Å². The molecule has 0 amide bonds. The topological polar surface area (TPSA) is 59.4 Å². The first kappa shape index (κ1) is 16.5. The third-order valence-electron chi connectivity index (χ3n) is 4.30. The highest BCUT2D eigenvalue weighted by Gasteiger charge is 2.64. The lowest BCUT2D eigenvalue weighted by Gasteiger charge is -2.25. The monoisotopic (exact) mass is 343 g/mol. The fourth-order valence-electron chi connectivity index (χ4n) is 2.76. The van der Waals surface area contributed by atoms with Crippen LogP contribution in [0.25, 0.3) is 0 Å². The van der Waals surface area contributed by atoms with Gasteiger partial charge in [-0.15, -0.1) is 0 Å². The van der Waals surface area contributed by atoms with Crippen molar-refractivity contribution < 1.29 is 32.2 Å². The van der Waals surface area contributed by atoms with Gasteiger partial charge in [0.1, 0.15) is 5.76 Å². The summed E-state index contributed by atoms with van der Waals surface area (Å²) in [5.41, 5.74) is -1.71. The normalized spacial score (nSPS) is 19.3. The number of halogens is 4. The largest absolute Gasteiger partial charge is 0.478 e. The molecule has 1 fully saturated rings. The van der Waals surface area contributed by atoms with E-state index in [-0.39, 0.29) is 37.0 Å². The second-order valence-corrected chi connectivity index (χ2v) is 5.82. The molecule has 1 heterocycles. The Hall–Kier alpha value is -2.38. The van der Waals surface area contributed by atoms with Crippen LogP contribution in [-0.2, 0) is 0 Å². The van der Waals surface area contributed by atoms with Crippen molar-refractivity contribution in [1.29, 1.82) is 0 Å². The molecule has 0 bridgehead atoms. The van der Waals surface area contributed by atoms with Crippen molar-refractivity contribution in [3.05, 3.63) is 47.1 Å². The SMILES string of the molecule is O=C(O)c1cnc(OC2=CC=C(C3(C(F)(F)F)CC3)CC2)c(F)c1. The summed E-state index contributed by atoms with van der Waals surface area (Å²) >= 11 is 0. The molecule has 2 aliphatic carbocycles. The van der Waals surface area contributed by atoms with Gasteiger partial charge in [0.2, 0.25) is 0 Å². The van der Waals surface area contributed by atoms with Gasteiger partial charge in [0.15, 0.2) is 5.82 Å². The molecule has 24 heavy (non-hydrogen) atoms. The first-order chi connectivity index (χ1) is 11.2. The van der Waals surface area contributed by atoms with Gasteiger partial charge in [0.25, 0.3) is 5.88 Å². The van der Waals surface area contributed by atoms with E-state index in [1.807, 2.05) is 0 Å². The van der Waals surface area contributed by atoms with E-state index in [4.69, 9.17) is 9.84 Å². The molecule has 1 aromatic rings. The molecule has 0 atom stereocenters. The molecule has 128 valence electrons. The molecule has 0 aliphatic heterocycles. The number of hydrogen-bond acceptors (Lipinski definition) is 3. The Balaban J connectivity index is 1.76. The fourth-order valence-corrected chi connectivity index (χ4v) is 2.76. The Bertz CT molecular complexity index is 748. The average Bonchev–Trinajstić information content (AvgIpc) is 3.31. The zero-order valence-electron chi connectivity index (χ0n) is 12.4. The summed E-state index contributed by atoms with van der Waals surface area (Å²) in [6, 6.07) is 0.776. The van der Waals surface area contributed by atoms with Crippen LogP contribution in [0.4, 0.5) is 17.6 Å². The number of allylic oxidation sites excluding steroid dienone is 4. The predicted octanol–water partition coefficient (Wildman–Crippen LogP) is 4.24. The standard InChI is InChI=1S/C16H13F4NO3/c17-12-7-9(14(22)23)8-21-13(12)24-11-3-1-10(2-4-11)15(5-6-15)16(18,19)20/h1,3,7-8H,2,4-6H2,(H,22,23). The minimum Gasteiger partial charge on any atom is -0.478 e. The molecule has 2 aliphatic rings. The number of carboxylic acids is 1. The van der Waals surface area contributed by atoms with Gasteiger partial charge in [-0.3, -0.25) is 0 Å². The number of aromatic carboxylic acids is 1. The van der Waals surface area contributed by atoms with Gasteiger partial charge in [0.05, 0.1) is 11.0 Å². The van der Waals surface area contributed by atoms with Crippen LogP contribution in [0, 0.1) is 11.2 Å². The average molecular weight is 343 g/mol. The van der Waals surface area contributed by atoms with Gasteiger partial charge in [0, 0.05) is 12.6 Å². The summed E-state index contributed by atoms with van der Waals surface area (Å²) in [4.78, 5) is 14.3. The van der Waals surface area contributed by atoms with Crippen LogP contribution in [0.3, 0.4) is 0 Å². The second kappa shape index (κ2) is 5.61. The highest BCUT2D eigenvalue weighted by atomic mass is 19.4. The van der Waals surface area contributed by atoms with Gasteiger partial charge in [-0.05, 0) is 31.4 Å². The van der Waals surface area contributed by atoms with Crippen molar-refractivity contribution in [2.75, 3.05) is 0 Å². The molecule has 0 spiro atoms. The summed E-state index contributed by atoms with van der Waals surface area (Å²) in [7, 11) is 0. The molecular weight excluding hydrogens is 330 g/mol. The van der Waals surface area contributed by atoms with Crippen molar-refractivity contribution >= 4 is 5.97 Å². The Labute approximate surface area is 134 Å². The predicted molar refractivity (Wildman–Crippen MR) is 74.9 cm³/mol. The molecular formula is C16H13F4NO3. The van der Waals surface area contributed by atoms with E-state index in [0.29, 0.717) is 5.57 Å². The van der Waals surface area contributed by atoms with Crippen LogP contribution in [0.5, 0.6) is 5.88 Å². The molecule has 3 rings (SSSR count). The first-order valence-corrected chi connectivity index (χ1v) is 7.26. The molecule has 0 radical (unpaired) electrons. The summed E-state index contributed by atoms with van der Waals surface area (Å²) in [6.45, 7) is 0. The Morgan fingerprint density at radius 2 is 1.96 bits per heavy atom. The first-order valence-electron chi connectivity index (χ1n) is 7.26. The highest BCUT2D eigenvalue weighted by Crippen LogP contribution is 2.63. The minimum atomic E-state index is -4.26. The number of carbonyl (C=O) groups is 1. The van der Waals surface area contributed by atoms with E-state index >= 15 is 0 Å². The molecule has 0 unspecified atom stereocenters. The molecule has 4 nitrogen and oxygen atoms in total. The molecule has 1 saturated carbocycles. The van der Waals surface area contributed by atoms with Crippen LogP contribution >= 0.6 is 0 Å². The maximum absolute atomic E-state index is 13.8. The third kappa shape index (κ3) is 2.88. The summed E-state index contributed by atoms with van der Waals surface area (Å²) in [6.07, 6.45) is 0.0311. The van der Waals surface area contributed by atoms with Crippen LogP contribution in [0.15, 0.2) is 35.7 Å². The van der Waals surface area contributed by atoms with E-state index in [9.17, 15) is 22.4 Å². The number of ether oxygens (including phenoxy) is 1. The van der Waals surface area contributed by atoms with Gasteiger partial charge >= 0.3 is 12.1 Å². The van der Waals surface area contributed by atoms with E-state index in [1.165, 1.54) is 12.2 Å². The van der Waals surface area contributed by atoms with Crippen LogP contribution in [0.2, 0.25) is 0 Å². The lowest BCUT2D eigenvalue weighted by Crippen LogP contribution is -2.27. The summed E-state index contributed by atoms with van der Waals surface area (Å²) < 4.78 is 58.2. The van der Waals surface area contributed by atoms with Gasteiger partial charge in [-0.2, -0.15) is 13.2 Å². The van der Waals surface area contributed by atoms with Gasteiger partial charge in [-0.1, -0.05) is 11.6 Å². The van der Waals surface area contributed by atoms with E-state index in [0.717, 1.165) is 12.3 Å². The maximum atomic E-state index is 13.8. The van der Waals surface area contributed by atoms with E-state index < -0.39 is 29.3 Å². The molecule has 0 aromatic carbocycles. The van der Waals surface area contributed by atoms with Crippen LogP contribution in [-0.4, -0.2) is 22.2 Å². The van der Waals surface area contributed by atoms with E-state index in [2.05, 4.69) is 4.98 Å². The number of aromatic nitrogens is 1. The number of pyridine rings is 1. The van der Waals surface area contributed by atoms with Crippen molar-refractivity contribution in [1.82, 2.24) is 4.98 Å².